The first kappa shape index (κ1) is 21.6. The topological polar surface area (TPSA) is 75.1 Å². The van der Waals surface area contributed by atoms with E-state index in [-0.39, 0.29) is 11.9 Å². The van der Waals surface area contributed by atoms with E-state index in [1.165, 1.54) is 5.56 Å². The van der Waals surface area contributed by atoms with Gasteiger partial charge in [-0.05, 0) is 44.0 Å². The van der Waals surface area contributed by atoms with Gasteiger partial charge in [0.15, 0.2) is 5.96 Å². The molecule has 2 aromatic carbocycles. The zero-order chi connectivity index (χ0) is 20.2. The molecule has 0 radical (unpaired) electrons. The summed E-state index contributed by atoms with van der Waals surface area (Å²) in [6, 6.07) is 15.3. The first-order chi connectivity index (χ1) is 13.6. The number of nitrogens with one attached hydrogen (secondary N) is 2. The lowest BCUT2D eigenvalue weighted by molar-refractivity contribution is 0.0646. The van der Waals surface area contributed by atoms with Crippen molar-refractivity contribution in [2.45, 2.75) is 32.9 Å². The summed E-state index contributed by atoms with van der Waals surface area (Å²) in [5.74, 6) is 1.62. The van der Waals surface area contributed by atoms with Crippen molar-refractivity contribution in [2.24, 2.45) is 4.99 Å². The van der Waals surface area contributed by atoms with E-state index in [0.29, 0.717) is 24.9 Å². The van der Waals surface area contributed by atoms with Crippen molar-refractivity contribution in [2.75, 3.05) is 26.8 Å². The van der Waals surface area contributed by atoms with Crippen molar-refractivity contribution < 1.29 is 14.6 Å². The molecule has 0 aliphatic rings. The van der Waals surface area contributed by atoms with Gasteiger partial charge >= 0.3 is 0 Å². The number of rotatable bonds is 10. The maximum atomic E-state index is 9.98. The fourth-order valence-corrected chi connectivity index (χ4v) is 2.68. The van der Waals surface area contributed by atoms with Gasteiger partial charge < -0.3 is 25.2 Å². The van der Waals surface area contributed by atoms with Crippen molar-refractivity contribution in [1.82, 2.24) is 10.6 Å². The quantitative estimate of drug-likeness (QED) is 0.331. The molecule has 0 heterocycles. The minimum absolute atomic E-state index is 0.0825. The third-order valence-corrected chi connectivity index (χ3v) is 4.29. The molecule has 2 rings (SSSR count). The van der Waals surface area contributed by atoms with Crippen LogP contribution in [0.15, 0.2) is 53.5 Å². The van der Waals surface area contributed by atoms with Crippen LogP contribution in [0.4, 0.5) is 0 Å². The molecule has 0 spiro atoms. The minimum Gasteiger partial charge on any atom is -0.508 e. The van der Waals surface area contributed by atoms with Gasteiger partial charge in [0.25, 0.3) is 0 Å². The van der Waals surface area contributed by atoms with Crippen LogP contribution in [0.1, 0.15) is 37.5 Å². The summed E-state index contributed by atoms with van der Waals surface area (Å²) >= 11 is 0. The Bertz CT molecular complexity index is 735. The first-order valence-electron chi connectivity index (χ1n) is 9.68. The molecule has 6 heteroatoms. The highest BCUT2D eigenvalue weighted by Gasteiger charge is 2.06. The molecule has 0 amide bonds. The molecule has 0 bridgehead atoms. The van der Waals surface area contributed by atoms with Crippen LogP contribution < -0.4 is 15.4 Å². The van der Waals surface area contributed by atoms with E-state index in [1.807, 2.05) is 25.1 Å². The zero-order valence-electron chi connectivity index (χ0n) is 16.9. The Morgan fingerprint density at radius 3 is 2.64 bits per heavy atom. The van der Waals surface area contributed by atoms with Crippen LogP contribution in [0.2, 0.25) is 0 Å². The summed E-state index contributed by atoms with van der Waals surface area (Å²) in [6.45, 7) is 6.62. The van der Waals surface area contributed by atoms with Crippen molar-refractivity contribution in [1.29, 1.82) is 0 Å². The summed E-state index contributed by atoms with van der Waals surface area (Å²) in [5, 5.41) is 16.5. The number of phenolic OH excluding ortho intramolecular Hbond substituents is 1. The SMILES string of the molecule is CCNC(=NCc1cc(OC)ccc1O)NCCCOC(C)c1ccccc1. The van der Waals surface area contributed by atoms with E-state index in [1.54, 1.807) is 25.3 Å². The number of methoxy groups -OCH3 is 1. The molecular weight excluding hydrogens is 354 g/mol. The molecule has 6 nitrogen and oxygen atoms in total. The fourth-order valence-electron chi connectivity index (χ4n) is 2.68. The minimum atomic E-state index is 0.0825. The van der Waals surface area contributed by atoms with Crippen molar-refractivity contribution in [3.05, 3.63) is 59.7 Å². The number of hydrogen-bond acceptors (Lipinski definition) is 4. The van der Waals surface area contributed by atoms with Crippen molar-refractivity contribution >= 4 is 5.96 Å². The summed E-state index contributed by atoms with van der Waals surface area (Å²) in [6.07, 6.45) is 0.950. The largest absolute Gasteiger partial charge is 0.508 e. The second kappa shape index (κ2) is 11.9. The number of hydrogen-bond donors (Lipinski definition) is 3. The van der Waals surface area contributed by atoms with Gasteiger partial charge in [-0.25, -0.2) is 4.99 Å². The van der Waals surface area contributed by atoms with Crippen LogP contribution in [0.3, 0.4) is 0 Å². The second-order valence-electron chi connectivity index (χ2n) is 6.39. The molecule has 0 aliphatic carbocycles. The average molecular weight is 386 g/mol. The molecule has 1 unspecified atom stereocenters. The maximum Gasteiger partial charge on any atom is 0.191 e. The monoisotopic (exact) mass is 385 g/mol. The van der Waals surface area contributed by atoms with Crippen LogP contribution in [0.25, 0.3) is 0 Å². The Hall–Kier alpha value is -2.73. The maximum absolute atomic E-state index is 9.98. The number of guanidine groups is 1. The number of ether oxygens (including phenoxy) is 2. The van der Waals surface area contributed by atoms with Gasteiger partial charge in [-0.15, -0.1) is 0 Å². The molecule has 3 N–H and O–H groups in total. The van der Waals surface area contributed by atoms with Crippen molar-refractivity contribution in [3.63, 3.8) is 0 Å². The van der Waals surface area contributed by atoms with Crippen LogP contribution in [-0.2, 0) is 11.3 Å². The summed E-state index contributed by atoms with van der Waals surface area (Å²) < 4.78 is 11.1. The van der Waals surface area contributed by atoms with Gasteiger partial charge in [0, 0.05) is 25.3 Å². The van der Waals surface area contributed by atoms with Crippen LogP contribution in [0, 0.1) is 0 Å². The number of nitrogens with zero attached hydrogens (tertiary/aromatic N) is 1. The van der Waals surface area contributed by atoms with Crippen LogP contribution in [-0.4, -0.2) is 37.9 Å². The molecule has 28 heavy (non-hydrogen) atoms. The number of aliphatic imine (C=N–C) groups is 1. The Morgan fingerprint density at radius 1 is 1.14 bits per heavy atom. The first-order valence-corrected chi connectivity index (χ1v) is 9.68. The van der Waals surface area contributed by atoms with Gasteiger partial charge in [-0.2, -0.15) is 0 Å². The smallest absolute Gasteiger partial charge is 0.191 e. The van der Waals surface area contributed by atoms with Gasteiger partial charge in [0.1, 0.15) is 11.5 Å². The predicted octanol–water partition coefficient (Wildman–Crippen LogP) is 3.62. The molecule has 0 aliphatic heterocycles. The molecule has 0 saturated carbocycles. The highest BCUT2D eigenvalue weighted by Crippen LogP contribution is 2.23. The molecule has 1 atom stereocenters. The van der Waals surface area contributed by atoms with E-state index in [2.05, 4.69) is 34.7 Å². The van der Waals surface area contributed by atoms with Gasteiger partial charge in [0.05, 0.1) is 19.8 Å². The lowest BCUT2D eigenvalue weighted by Crippen LogP contribution is -2.38. The number of phenols is 1. The summed E-state index contributed by atoms with van der Waals surface area (Å²) in [7, 11) is 1.60. The molecule has 2 aromatic rings. The standard InChI is InChI=1S/C22H31N3O3/c1-4-23-22(25-16-19-15-20(27-3)11-12-21(19)26)24-13-8-14-28-17(2)18-9-6-5-7-10-18/h5-7,9-12,15,17,26H,4,8,13-14,16H2,1-3H3,(H2,23,24,25). The van der Waals surface area contributed by atoms with E-state index in [4.69, 9.17) is 9.47 Å². The van der Waals surface area contributed by atoms with Gasteiger partial charge in [-0.3, -0.25) is 0 Å². The van der Waals surface area contributed by atoms with E-state index in [0.717, 1.165) is 25.1 Å². The van der Waals surface area contributed by atoms with E-state index < -0.39 is 0 Å². The zero-order valence-corrected chi connectivity index (χ0v) is 16.9. The number of aromatic hydroxyl groups is 1. The Labute approximate surface area is 167 Å². The molecule has 0 fully saturated rings. The molecular formula is C22H31N3O3. The molecule has 0 saturated heterocycles. The van der Waals surface area contributed by atoms with E-state index >= 15 is 0 Å². The average Bonchev–Trinajstić information content (AvgIpc) is 2.73. The third kappa shape index (κ3) is 7.12. The van der Waals surface area contributed by atoms with Crippen molar-refractivity contribution in [3.8, 4) is 11.5 Å². The van der Waals surface area contributed by atoms with Crippen LogP contribution >= 0.6 is 0 Å². The Morgan fingerprint density at radius 2 is 1.93 bits per heavy atom. The summed E-state index contributed by atoms with van der Waals surface area (Å²) in [4.78, 5) is 4.54. The number of benzene rings is 2. The predicted molar refractivity (Wildman–Crippen MR) is 113 cm³/mol. The van der Waals surface area contributed by atoms with Gasteiger partial charge in [-0.1, -0.05) is 30.3 Å². The molecule has 152 valence electrons. The normalized spacial score (nSPS) is 12.5. The fraction of sp³-hybridized carbons (Fsp3) is 0.409. The lowest BCUT2D eigenvalue weighted by atomic mass is 10.1. The highest BCUT2D eigenvalue weighted by atomic mass is 16.5. The highest BCUT2D eigenvalue weighted by molar-refractivity contribution is 5.79. The molecule has 0 aromatic heterocycles. The lowest BCUT2D eigenvalue weighted by Gasteiger charge is -2.15. The Kier molecular flexibility index (Phi) is 9.15. The van der Waals surface area contributed by atoms with Gasteiger partial charge in [0.2, 0.25) is 0 Å². The summed E-state index contributed by atoms with van der Waals surface area (Å²) in [5.41, 5.74) is 1.90. The Balaban J connectivity index is 1.78. The van der Waals surface area contributed by atoms with Crippen LogP contribution in [0.5, 0.6) is 11.5 Å². The van der Waals surface area contributed by atoms with E-state index in [9.17, 15) is 5.11 Å². The second-order valence-corrected chi connectivity index (χ2v) is 6.39. The third-order valence-electron chi connectivity index (χ3n) is 4.29.